The van der Waals surface area contributed by atoms with E-state index in [-0.39, 0.29) is 11.5 Å². The molecule has 0 radical (unpaired) electrons. The van der Waals surface area contributed by atoms with Crippen LogP contribution in [0.3, 0.4) is 0 Å². The Kier molecular flexibility index (Phi) is 5.20. The number of para-hydroxylation sites is 1. The molecule has 1 saturated heterocycles. The standard InChI is InChI=1S/C25H23N5O5/c1-33-19-4-2-3-16-13-18(25(32)34-21(16)19)24(31)30-11-9-29(10-12-30)20-8-7-17(14-26-20)22-27-23(35-28-22)15-5-6-15/h2-4,7-8,13-15H,5-6,9-12H2,1H3. The van der Waals surface area contributed by atoms with E-state index in [4.69, 9.17) is 13.7 Å². The van der Waals surface area contributed by atoms with Gasteiger partial charge in [0.25, 0.3) is 5.91 Å². The Labute approximate surface area is 200 Å². The lowest BCUT2D eigenvalue weighted by atomic mass is 10.1. The molecule has 0 spiro atoms. The monoisotopic (exact) mass is 473 g/mol. The molecule has 4 heterocycles. The minimum Gasteiger partial charge on any atom is -0.493 e. The highest BCUT2D eigenvalue weighted by molar-refractivity contribution is 5.97. The van der Waals surface area contributed by atoms with Crippen molar-refractivity contribution in [1.82, 2.24) is 20.0 Å². The number of nitrogens with zero attached hydrogens (tertiary/aromatic N) is 5. The molecule has 1 aromatic carbocycles. The van der Waals surface area contributed by atoms with Gasteiger partial charge in [0.05, 0.1) is 7.11 Å². The summed E-state index contributed by atoms with van der Waals surface area (Å²) in [5.74, 6) is 2.58. The van der Waals surface area contributed by atoms with E-state index < -0.39 is 5.63 Å². The zero-order valence-corrected chi connectivity index (χ0v) is 19.1. The lowest BCUT2D eigenvalue weighted by molar-refractivity contribution is 0.0742. The van der Waals surface area contributed by atoms with Gasteiger partial charge in [-0.3, -0.25) is 4.79 Å². The molecule has 1 saturated carbocycles. The van der Waals surface area contributed by atoms with Gasteiger partial charge in [0.15, 0.2) is 11.3 Å². The minimum absolute atomic E-state index is 0.0207. The first-order valence-electron chi connectivity index (χ1n) is 11.6. The van der Waals surface area contributed by atoms with Crippen molar-refractivity contribution in [3.8, 4) is 17.1 Å². The van der Waals surface area contributed by atoms with Crippen LogP contribution in [0, 0.1) is 0 Å². The van der Waals surface area contributed by atoms with Crippen LogP contribution in [-0.4, -0.2) is 59.2 Å². The van der Waals surface area contributed by atoms with Crippen LogP contribution in [0.4, 0.5) is 5.82 Å². The summed E-state index contributed by atoms with van der Waals surface area (Å²) in [7, 11) is 1.51. The summed E-state index contributed by atoms with van der Waals surface area (Å²) in [6.07, 6.45) is 3.95. The number of piperazine rings is 1. The number of rotatable bonds is 5. The summed E-state index contributed by atoms with van der Waals surface area (Å²) >= 11 is 0. The van der Waals surface area contributed by atoms with Gasteiger partial charge in [0, 0.05) is 49.2 Å². The number of carbonyl (C=O) groups excluding carboxylic acids is 1. The summed E-state index contributed by atoms with van der Waals surface area (Å²) in [6.45, 7) is 2.12. The Morgan fingerprint density at radius 1 is 1.11 bits per heavy atom. The fraction of sp³-hybridized carbons (Fsp3) is 0.320. The Morgan fingerprint density at radius 3 is 2.66 bits per heavy atom. The third kappa shape index (κ3) is 4.01. The van der Waals surface area contributed by atoms with E-state index in [1.165, 1.54) is 7.11 Å². The summed E-state index contributed by atoms with van der Waals surface area (Å²) in [5, 5.41) is 4.70. The number of pyridine rings is 1. The predicted octanol–water partition coefficient (Wildman–Crippen LogP) is 3.09. The van der Waals surface area contributed by atoms with Crippen molar-refractivity contribution in [3.05, 3.63) is 64.5 Å². The maximum absolute atomic E-state index is 13.1. The van der Waals surface area contributed by atoms with E-state index in [9.17, 15) is 9.59 Å². The van der Waals surface area contributed by atoms with Crippen LogP contribution in [0.5, 0.6) is 5.75 Å². The van der Waals surface area contributed by atoms with E-state index in [0.29, 0.717) is 60.5 Å². The van der Waals surface area contributed by atoms with Crippen molar-refractivity contribution in [1.29, 1.82) is 0 Å². The van der Waals surface area contributed by atoms with Crippen LogP contribution in [0.25, 0.3) is 22.4 Å². The van der Waals surface area contributed by atoms with Crippen molar-refractivity contribution >= 4 is 22.7 Å². The Balaban J connectivity index is 1.13. The van der Waals surface area contributed by atoms with Crippen LogP contribution in [0.2, 0.25) is 0 Å². The quantitative estimate of drug-likeness (QED) is 0.403. The van der Waals surface area contributed by atoms with Crippen LogP contribution >= 0.6 is 0 Å². The molecule has 0 bridgehead atoms. The Hall–Kier alpha value is -4.21. The number of aromatic nitrogens is 3. The number of hydrogen-bond donors (Lipinski definition) is 0. The summed E-state index contributed by atoms with van der Waals surface area (Å²) in [4.78, 5) is 38.5. The second-order valence-corrected chi connectivity index (χ2v) is 8.74. The third-order valence-corrected chi connectivity index (χ3v) is 6.44. The van der Waals surface area contributed by atoms with Crippen molar-refractivity contribution in [3.63, 3.8) is 0 Å². The van der Waals surface area contributed by atoms with E-state index in [1.807, 2.05) is 12.1 Å². The van der Waals surface area contributed by atoms with E-state index in [0.717, 1.165) is 24.2 Å². The molecule has 0 N–H and O–H groups in total. The third-order valence-electron chi connectivity index (χ3n) is 6.44. The molecule has 3 aromatic heterocycles. The highest BCUT2D eigenvalue weighted by atomic mass is 16.5. The predicted molar refractivity (Wildman–Crippen MR) is 127 cm³/mol. The molecule has 2 aliphatic rings. The molecule has 10 nitrogen and oxygen atoms in total. The average Bonchev–Trinajstić information content (AvgIpc) is 3.64. The van der Waals surface area contributed by atoms with E-state index in [1.54, 1.807) is 35.4 Å². The number of methoxy groups -OCH3 is 1. The topological polar surface area (TPSA) is 115 Å². The molecule has 10 heteroatoms. The molecule has 6 rings (SSSR count). The Morgan fingerprint density at radius 2 is 1.94 bits per heavy atom. The number of anilines is 1. The number of fused-ring (bicyclic) bond motifs is 1. The Bertz CT molecular complexity index is 1450. The molecular weight excluding hydrogens is 450 g/mol. The largest absolute Gasteiger partial charge is 0.493 e. The van der Waals surface area contributed by atoms with Crippen molar-refractivity contribution in [2.45, 2.75) is 18.8 Å². The van der Waals surface area contributed by atoms with Crippen LogP contribution in [0.1, 0.15) is 35.0 Å². The zero-order valence-electron chi connectivity index (χ0n) is 19.1. The van der Waals surface area contributed by atoms with Gasteiger partial charge >= 0.3 is 5.63 Å². The van der Waals surface area contributed by atoms with Crippen LogP contribution in [-0.2, 0) is 0 Å². The molecule has 4 aromatic rings. The molecular formula is C25H23N5O5. The molecule has 1 aliphatic heterocycles. The summed E-state index contributed by atoms with van der Waals surface area (Å²) in [5.41, 5.74) is 0.490. The van der Waals surface area contributed by atoms with Gasteiger partial charge in [-0.1, -0.05) is 17.3 Å². The van der Waals surface area contributed by atoms with Gasteiger partial charge in [-0.15, -0.1) is 0 Å². The highest BCUT2D eigenvalue weighted by Crippen LogP contribution is 2.39. The molecule has 1 aliphatic carbocycles. The molecule has 0 unspecified atom stereocenters. The van der Waals surface area contributed by atoms with Gasteiger partial charge in [-0.05, 0) is 37.1 Å². The van der Waals surface area contributed by atoms with Gasteiger partial charge in [0.1, 0.15) is 11.4 Å². The van der Waals surface area contributed by atoms with E-state index >= 15 is 0 Å². The van der Waals surface area contributed by atoms with Crippen LogP contribution in [0.15, 0.2) is 56.3 Å². The number of benzene rings is 1. The van der Waals surface area contributed by atoms with Gasteiger partial charge in [0.2, 0.25) is 11.7 Å². The zero-order chi connectivity index (χ0) is 23.9. The first-order chi connectivity index (χ1) is 17.1. The minimum atomic E-state index is -0.669. The number of hydrogen-bond acceptors (Lipinski definition) is 9. The maximum atomic E-state index is 13.1. The number of ether oxygens (including phenoxy) is 1. The lowest BCUT2D eigenvalue weighted by Gasteiger charge is -2.35. The van der Waals surface area contributed by atoms with Crippen molar-refractivity contribution in [2.24, 2.45) is 0 Å². The fourth-order valence-corrected chi connectivity index (χ4v) is 4.29. The number of amides is 1. The molecule has 0 atom stereocenters. The lowest BCUT2D eigenvalue weighted by Crippen LogP contribution is -2.49. The molecule has 178 valence electrons. The summed E-state index contributed by atoms with van der Waals surface area (Å²) in [6, 6.07) is 10.7. The van der Waals surface area contributed by atoms with Gasteiger partial charge < -0.3 is 23.5 Å². The highest BCUT2D eigenvalue weighted by Gasteiger charge is 2.30. The second kappa shape index (κ2) is 8.53. The fourth-order valence-electron chi connectivity index (χ4n) is 4.29. The molecule has 35 heavy (non-hydrogen) atoms. The van der Waals surface area contributed by atoms with Crippen molar-refractivity contribution in [2.75, 3.05) is 38.2 Å². The molecule has 2 fully saturated rings. The molecule has 1 amide bonds. The first-order valence-corrected chi connectivity index (χ1v) is 11.6. The van der Waals surface area contributed by atoms with Gasteiger partial charge in [-0.2, -0.15) is 4.98 Å². The normalized spacial score (nSPS) is 16.0. The number of carbonyl (C=O) groups is 1. The SMILES string of the molecule is COc1cccc2cc(C(=O)N3CCN(c4ccc(-c5noc(C6CC6)n5)cn4)CC3)c(=O)oc12. The maximum Gasteiger partial charge on any atom is 0.349 e. The van der Waals surface area contributed by atoms with E-state index in [2.05, 4.69) is 20.0 Å². The smallest absolute Gasteiger partial charge is 0.349 e. The van der Waals surface area contributed by atoms with Gasteiger partial charge in [-0.25, -0.2) is 9.78 Å². The second-order valence-electron chi connectivity index (χ2n) is 8.74. The van der Waals surface area contributed by atoms with Crippen LogP contribution < -0.4 is 15.3 Å². The first kappa shape index (κ1) is 21.3. The average molecular weight is 473 g/mol. The van der Waals surface area contributed by atoms with Crippen molar-refractivity contribution < 1.29 is 18.5 Å². The summed E-state index contributed by atoms with van der Waals surface area (Å²) < 4.78 is 16.0.